The van der Waals surface area contributed by atoms with Gasteiger partial charge in [-0.1, -0.05) is 19.1 Å². The third-order valence-corrected chi connectivity index (χ3v) is 2.10. The number of hydrogen-bond acceptors (Lipinski definition) is 3. The average Bonchev–Trinajstić information content (AvgIpc) is 2.16. The lowest BCUT2D eigenvalue weighted by Crippen LogP contribution is -2.26. The summed E-state index contributed by atoms with van der Waals surface area (Å²) in [6, 6.07) is 0. The summed E-state index contributed by atoms with van der Waals surface area (Å²) in [7, 11) is 0. The first-order valence-corrected chi connectivity index (χ1v) is 5.62. The summed E-state index contributed by atoms with van der Waals surface area (Å²) in [4.78, 5) is 13.4. The predicted octanol–water partition coefficient (Wildman–Crippen LogP) is 2.23. The van der Waals surface area contributed by atoms with Crippen LogP contribution in [-0.4, -0.2) is 37.1 Å². The smallest absolute Gasteiger partial charge is 0.305 e. The van der Waals surface area contributed by atoms with Gasteiger partial charge in [0.05, 0.1) is 6.61 Å². The molecule has 0 aromatic heterocycles. The Morgan fingerprint density at radius 1 is 1.40 bits per heavy atom. The van der Waals surface area contributed by atoms with E-state index in [0.29, 0.717) is 13.0 Å². The Hall–Kier alpha value is -0.830. The topological polar surface area (TPSA) is 29.5 Å². The van der Waals surface area contributed by atoms with E-state index in [1.807, 2.05) is 13.8 Å². The van der Waals surface area contributed by atoms with Crippen LogP contribution in [-0.2, 0) is 9.53 Å². The molecule has 0 radical (unpaired) electrons. The lowest BCUT2D eigenvalue weighted by Gasteiger charge is -2.19. The van der Waals surface area contributed by atoms with Crippen molar-refractivity contribution in [2.75, 3.05) is 26.2 Å². The lowest BCUT2D eigenvalue weighted by molar-refractivity contribution is -0.143. The second-order valence-corrected chi connectivity index (χ2v) is 3.73. The van der Waals surface area contributed by atoms with E-state index in [1.54, 1.807) is 0 Å². The van der Waals surface area contributed by atoms with E-state index >= 15 is 0 Å². The highest BCUT2D eigenvalue weighted by molar-refractivity contribution is 5.69. The maximum atomic E-state index is 11.1. The van der Waals surface area contributed by atoms with E-state index < -0.39 is 0 Å². The van der Waals surface area contributed by atoms with E-state index in [9.17, 15) is 4.79 Å². The quantitative estimate of drug-likeness (QED) is 0.457. The first-order chi connectivity index (χ1) is 7.10. The molecule has 0 aliphatic heterocycles. The molecule has 0 unspecified atom stereocenters. The summed E-state index contributed by atoms with van der Waals surface area (Å²) in [6.45, 7) is 13.2. The summed E-state index contributed by atoms with van der Waals surface area (Å²) < 4.78 is 4.86. The molecule has 0 aliphatic rings. The minimum absolute atomic E-state index is 0.0936. The van der Waals surface area contributed by atoms with Gasteiger partial charge in [-0.25, -0.2) is 0 Å². The number of carbonyl (C=O) groups excluding carboxylic acids is 1. The van der Waals surface area contributed by atoms with Crippen molar-refractivity contribution in [1.29, 1.82) is 0 Å². The van der Waals surface area contributed by atoms with Crippen molar-refractivity contribution >= 4 is 5.97 Å². The molecule has 0 atom stereocenters. The Labute approximate surface area is 93.1 Å². The summed E-state index contributed by atoms with van der Waals surface area (Å²) in [5, 5.41) is 0. The molecule has 3 nitrogen and oxygen atoms in total. The predicted molar refractivity (Wildman–Crippen MR) is 62.8 cm³/mol. The zero-order valence-electron chi connectivity index (χ0n) is 10.2. The van der Waals surface area contributed by atoms with Gasteiger partial charge in [0.1, 0.15) is 0 Å². The first-order valence-electron chi connectivity index (χ1n) is 5.62. The number of hydrogen-bond donors (Lipinski definition) is 0. The number of ether oxygens (including phenoxy) is 1. The molecular weight excluding hydrogens is 190 g/mol. The van der Waals surface area contributed by atoms with Crippen molar-refractivity contribution in [2.24, 2.45) is 0 Å². The minimum atomic E-state index is -0.0936. The van der Waals surface area contributed by atoms with E-state index in [4.69, 9.17) is 4.74 Å². The minimum Gasteiger partial charge on any atom is -0.466 e. The van der Waals surface area contributed by atoms with Crippen LogP contribution in [0.15, 0.2) is 12.2 Å². The monoisotopic (exact) mass is 213 g/mol. The molecule has 0 amide bonds. The molecule has 15 heavy (non-hydrogen) atoms. The van der Waals surface area contributed by atoms with Crippen molar-refractivity contribution in [2.45, 2.75) is 33.6 Å². The van der Waals surface area contributed by atoms with Crippen molar-refractivity contribution in [3.63, 3.8) is 0 Å². The standard InChI is InChI=1S/C12H23NO2/c1-5-13(10-11(3)4)9-7-8-12(14)15-6-2/h3,5-10H2,1-2,4H3. The zero-order chi connectivity index (χ0) is 11.7. The summed E-state index contributed by atoms with van der Waals surface area (Å²) in [5.41, 5.74) is 1.16. The summed E-state index contributed by atoms with van der Waals surface area (Å²) in [5.74, 6) is -0.0936. The Kier molecular flexibility index (Phi) is 8.01. The second-order valence-electron chi connectivity index (χ2n) is 3.73. The van der Waals surface area contributed by atoms with Crippen LogP contribution in [0.25, 0.3) is 0 Å². The fraction of sp³-hybridized carbons (Fsp3) is 0.750. The highest BCUT2D eigenvalue weighted by Gasteiger charge is 2.05. The van der Waals surface area contributed by atoms with E-state index in [0.717, 1.165) is 31.6 Å². The summed E-state index contributed by atoms with van der Waals surface area (Å²) >= 11 is 0. The van der Waals surface area contributed by atoms with E-state index in [1.165, 1.54) is 0 Å². The molecular formula is C12H23NO2. The van der Waals surface area contributed by atoms with Gasteiger partial charge in [-0.05, 0) is 33.4 Å². The molecule has 0 aromatic carbocycles. The van der Waals surface area contributed by atoms with E-state index in [2.05, 4.69) is 18.4 Å². The van der Waals surface area contributed by atoms with E-state index in [-0.39, 0.29) is 5.97 Å². The Balaban J connectivity index is 3.62. The molecule has 0 rings (SSSR count). The molecule has 3 heteroatoms. The molecule has 0 fully saturated rings. The van der Waals surface area contributed by atoms with Crippen LogP contribution in [0.2, 0.25) is 0 Å². The molecule has 0 aliphatic carbocycles. The van der Waals surface area contributed by atoms with Gasteiger partial charge in [-0.15, -0.1) is 0 Å². The molecule has 0 aromatic rings. The molecule has 0 spiro atoms. The van der Waals surface area contributed by atoms with Gasteiger partial charge in [-0.2, -0.15) is 0 Å². The van der Waals surface area contributed by atoms with Crippen LogP contribution in [0.4, 0.5) is 0 Å². The highest BCUT2D eigenvalue weighted by Crippen LogP contribution is 2.00. The first kappa shape index (κ1) is 14.2. The second kappa shape index (κ2) is 8.48. The largest absolute Gasteiger partial charge is 0.466 e. The number of likely N-dealkylation sites (N-methyl/N-ethyl adjacent to an activating group) is 1. The van der Waals surface area contributed by atoms with Crippen LogP contribution < -0.4 is 0 Å². The molecule has 0 bridgehead atoms. The van der Waals surface area contributed by atoms with Crippen molar-refractivity contribution in [3.8, 4) is 0 Å². The molecule has 0 saturated carbocycles. The highest BCUT2D eigenvalue weighted by atomic mass is 16.5. The average molecular weight is 213 g/mol. The number of nitrogens with zero attached hydrogens (tertiary/aromatic N) is 1. The zero-order valence-corrected chi connectivity index (χ0v) is 10.2. The van der Waals surface area contributed by atoms with Gasteiger partial charge < -0.3 is 4.74 Å². The fourth-order valence-corrected chi connectivity index (χ4v) is 1.41. The molecule has 0 N–H and O–H groups in total. The third-order valence-electron chi connectivity index (χ3n) is 2.10. The van der Waals surface area contributed by atoms with Crippen LogP contribution >= 0.6 is 0 Å². The van der Waals surface area contributed by atoms with Crippen LogP contribution in [0, 0.1) is 0 Å². The Bertz CT molecular complexity index is 202. The number of carbonyl (C=O) groups is 1. The van der Waals surface area contributed by atoms with Crippen LogP contribution in [0.5, 0.6) is 0 Å². The van der Waals surface area contributed by atoms with Crippen molar-refractivity contribution in [1.82, 2.24) is 4.90 Å². The summed E-state index contributed by atoms with van der Waals surface area (Å²) in [6.07, 6.45) is 1.38. The molecule has 88 valence electrons. The maximum absolute atomic E-state index is 11.1. The van der Waals surface area contributed by atoms with Gasteiger partial charge in [0, 0.05) is 13.0 Å². The number of rotatable bonds is 8. The van der Waals surface area contributed by atoms with Crippen molar-refractivity contribution < 1.29 is 9.53 Å². The van der Waals surface area contributed by atoms with Crippen molar-refractivity contribution in [3.05, 3.63) is 12.2 Å². The van der Waals surface area contributed by atoms with Gasteiger partial charge in [0.2, 0.25) is 0 Å². The van der Waals surface area contributed by atoms with Crippen LogP contribution in [0.3, 0.4) is 0 Å². The Morgan fingerprint density at radius 2 is 2.07 bits per heavy atom. The maximum Gasteiger partial charge on any atom is 0.305 e. The van der Waals surface area contributed by atoms with Gasteiger partial charge in [0.25, 0.3) is 0 Å². The number of esters is 1. The third kappa shape index (κ3) is 8.18. The fourth-order valence-electron chi connectivity index (χ4n) is 1.41. The van der Waals surface area contributed by atoms with Gasteiger partial charge in [0.15, 0.2) is 0 Å². The lowest BCUT2D eigenvalue weighted by atomic mass is 10.2. The van der Waals surface area contributed by atoms with Crippen LogP contribution in [0.1, 0.15) is 33.6 Å². The van der Waals surface area contributed by atoms with Gasteiger partial charge in [-0.3, -0.25) is 9.69 Å². The molecule has 0 heterocycles. The molecule has 0 saturated heterocycles. The SMILES string of the molecule is C=C(C)CN(CC)CCCC(=O)OCC. The Morgan fingerprint density at radius 3 is 2.53 bits per heavy atom. The van der Waals surface area contributed by atoms with Gasteiger partial charge >= 0.3 is 5.97 Å². The normalized spacial score (nSPS) is 10.4.